The Morgan fingerprint density at radius 3 is 1.83 bits per heavy atom. The normalized spacial score (nSPS) is 11.0. The molecule has 2 amide bonds. The van der Waals surface area contributed by atoms with E-state index in [1.54, 1.807) is 7.05 Å². The van der Waals surface area contributed by atoms with Crippen LogP contribution in [0.3, 0.4) is 0 Å². The van der Waals surface area contributed by atoms with Crippen LogP contribution in [0.4, 0.5) is 4.79 Å². The summed E-state index contributed by atoms with van der Waals surface area (Å²) >= 11 is 0. The predicted octanol–water partition coefficient (Wildman–Crippen LogP) is 1.88. The van der Waals surface area contributed by atoms with E-state index in [1.165, 1.54) is 0 Å². The van der Waals surface area contributed by atoms with Crippen LogP contribution in [-0.2, 0) is 0 Å². The van der Waals surface area contributed by atoms with Gasteiger partial charge in [0, 0.05) is 12.6 Å². The first-order valence-electron chi connectivity index (χ1n) is 4.64. The molecule has 72 valence electrons. The fourth-order valence-electron chi connectivity index (χ4n) is 1.32. The molecule has 0 rings (SSSR count). The molecule has 0 atom stereocenters. The van der Waals surface area contributed by atoms with Crippen molar-refractivity contribution in [2.24, 2.45) is 0 Å². The van der Waals surface area contributed by atoms with Crippen LogP contribution in [0.5, 0.6) is 0 Å². The van der Waals surface area contributed by atoms with E-state index in [0.717, 1.165) is 19.3 Å². The van der Waals surface area contributed by atoms with E-state index in [0.29, 0.717) is 0 Å². The van der Waals surface area contributed by atoms with Crippen molar-refractivity contribution in [1.82, 2.24) is 10.6 Å². The van der Waals surface area contributed by atoms with E-state index < -0.39 is 0 Å². The second-order valence-electron chi connectivity index (χ2n) is 3.05. The molecule has 12 heavy (non-hydrogen) atoms. The van der Waals surface area contributed by atoms with Crippen LogP contribution in [0.1, 0.15) is 40.0 Å². The van der Waals surface area contributed by atoms with Gasteiger partial charge in [-0.05, 0) is 19.3 Å². The number of hydrogen-bond donors (Lipinski definition) is 2. The Morgan fingerprint density at radius 1 is 1.17 bits per heavy atom. The molecule has 0 fully saturated rings. The highest BCUT2D eigenvalue weighted by atomic mass is 16.2. The van der Waals surface area contributed by atoms with Crippen molar-refractivity contribution in [2.75, 3.05) is 7.05 Å². The van der Waals surface area contributed by atoms with Gasteiger partial charge < -0.3 is 10.6 Å². The minimum atomic E-state index is -0.0828. The van der Waals surface area contributed by atoms with Gasteiger partial charge in [0.15, 0.2) is 0 Å². The Balaban J connectivity index is 4.19. The second-order valence-corrected chi connectivity index (χ2v) is 3.05. The number of hydrogen-bond acceptors (Lipinski definition) is 1. The van der Waals surface area contributed by atoms with E-state index in [9.17, 15) is 4.79 Å². The van der Waals surface area contributed by atoms with Crippen LogP contribution in [0.25, 0.3) is 0 Å². The molecule has 0 aliphatic heterocycles. The highest BCUT2D eigenvalue weighted by Gasteiger charge is 2.24. The molecule has 0 unspecified atom stereocenters. The van der Waals surface area contributed by atoms with Gasteiger partial charge in [0.25, 0.3) is 0 Å². The summed E-state index contributed by atoms with van der Waals surface area (Å²) in [6.07, 6.45) is 2.94. The molecule has 0 bridgehead atoms. The monoisotopic (exact) mass is 172 g/mol. The molecule has 0 aliphatic carbocycles. The van der Waals surface area contributed by atoms with Gasteiger partial charge >= 0.3 is 6.03 Å². The van der Waals surface area contributed by atoms with Crippen molar-refractivity contribution in [2.45, 2.75) is 45.6 Å². The van der Waals surface area contributed by atoms with Gasteiger partial charge in [-0.2, -0.15) is 0 Å². The number of nitrogens with one attached hydrogen (secondary N) is 2. The average Bonchev–Trinajstić information content (AvgIpc) is 2.14. The van der Waals surface area contributed by atoms with Crippen LogP contribution in [0.15, 0.2) is 0 Å². The first-order chi connectivity index (χ1) is 5.64. The Bertz CT molecular complexity index is 133. The number of carbonyl (C=O) groups excluding carboxylic acids is 1. The van der Waals surface area contributed by atoms with Crippen LogP contribution in [0, 0.1) is 0 Å². The molecular weight excluding hydrogens is 152 g/mol. The lowest BCUT2D eigenvalue weighted by Crippen LogP contribution is -2.50. The summed E-state index contributed by atoms with van der Waals surface area (Å²) in [6, 6.07) is -0.0828. The third-order valence-corrected chi connectivity index (χ3v) is 2.64. The Kier molecular flexibility index (Phi) is 4.71. The molecule has 0 aromatic heterocycles. The predicted molar refractivity (Wildman–Crippen MR) is 51.2 cm³/mol. The molecule has 0 radical (unpaired) electrons. The van der Waals surface area contributed by atoms with Crippen LogP contribution in [-0.4, -0.2) is 18.6 Å². The summed E-state index contributed by atoms with van der Waals surface area (Å²) < 4.78 is 0. The third kappa shape index (κ3) is 2.72. The maximum Gasteiger partial charge on any atom is 0.314 e. The summed E-state index contributed by atoms with van der Waals surface area (Å²) in [5.41, 5.74) is -0.0138. The Hall–Kier alpha value is -0.730. The zero-order valence-electron chi connectivity index (χ0n) is 8.53. The van der Waals surface area contributed by atoms with Crippen molar-refractivity contribution in [3.05, 3.63) is 0 Å². The second kappa shape index (κ2) is 5.01. The lowest BCUT2D eigenvalue weighted by atomic mass is 9.90. The van der Waals surface area contributed by atoms with Gasteiger partial charge in [0.05, 0.1) is 0 Å². The van der Waals surface area contributed by atoms with Gasteiger partial charge in [-0.25, -0.2) is 4.79 Å². The van der Waals surface area contributed by atoms with Gasteiger partial charge in [0.2, 0.25) is 0 Å². The fourth-order valence-corrected chi connectivity index (χ4v) is 1.32. The zero-order chi connectivity index (χ0) is 9.61. The lowest BCUT2D eigenvalue weighted by Gasteiger charge is -2.31. The SMILES string of the molecule is CCC(CC)(CC)NC(=O)NC. The van der Waals surface area contributed by atoms with E-state index in [-0.39, 0.29) is 11.6 Å². The quantitative estimate of drug-likeness (QED) is 0.668. The van der Waals surface area contributed by atoms with Crippen LogP contribution < -0.4 is 10.6 Å². The summed E-state index contributed by atoms with van der Waals surface area (Å²) in [7, 11) is 1.64. The molecular formula is C9H20N2O. The van der Waals surface area contributed by atoms with Crippen LogP contribution >= 0.6 is 0 Å². The lowest BCUT2D eigenvalue weighted by molar-refractivity contribution is 0.220. The Morgan fingerprint density at radius 2 is 1.58 bits per heavy atom. The van der Waals surface area contributed by atoms with Crippen molar-refractivity contribution in [1.29, 1.82) is 0 Å². The van der Waals surface area contributed by atoms with Crippen molar-refractivity contribution in [3.8, 4) is 0 Å². The molecule has 0 saturated carbocycles. The summed E-state index contributed by atoms with van der Waals surface area (Å²) in [6.45, 7) is 6.30. The molecule has 0 spiro atoms. The zero-order valence-corrected chi connectivity index (χ0v) is 8.53. The van der Waals surface area contributed by atoms with E-state index in [2.05, 4.69) is 31.4 Å². The molecule has 0 aromatic carbocycles. The van der Waals surface area contributed by atoms with Crippen molar-refractivity contribution >= 4 is 6.03 Å². The van der Waals surface area contributed by atoms with Gasteiger partial charge in [0.1, 0.15) is 0 Å². The average molecular weight is 172 g/mol. The molecule has 0 saturated heterocycles. The number of urea groups is 1. The first-order valence-corrected chi connectivity index (χ1v) is 4.64. The smallest absolute Gasteiger partial charge is 0.314 e. The Labute approximate surface area is 74.9 Å². The van der Waals surface area contributed by atoms with E-state index in [4.69, 9.17) is 0 Å². The maximum atomic E-state index is 11.1. The van der Waals surface area contributed by atoms with E-state index >= 15 is 0 Å². The molecule has 2 N–H and O–H groups in total. The summed E-state index contributed by atoms with van der Waals surface area (Å²) in [5, 5.41) is 5.55. The first kappa shape index (κ1) is 11.3. The number of carbonyl (C=O) groups is 1. The number of amides is 2. The summed E-state index contributed by atoms with van der Waals surface area (Å²) in [5.74, 6) is 0. The summed E-state index contributed by atoms with van der Waals surface area (Å²) in [4.78, 5) is 11.1. The van der Waals surface area contributed by atoms with E-state index in [1.807, 2.05) is 0 Å². The molecule has 3 heteroatoms. The molecule has 0 aliphatic rings. The number of rotatable bonds is 4. The van der Waals surface area contributed by atoms with Gasteiger partial charge in [-0.3, -0.25) is 0 Å². The van der Waals surface area contributed by atoms with Gasteiger partial charge in [-0.1, -0.05) is 20.8 Å². The maximum absolute atomic E-state index is 11.1. The largest absolute Gasteiger partial charge is 0.341 e. The van der Waals surface area contributed by atoms with Crippen LogP contribution in [0.2, 0.25) is 0 Å². The van der Waals surface area contributed by atoms with Crippen molar-refractivity contribution in [3.63, 3.8) is 0 Å². The molecule has 0 heterocycles. The van der Waals surface area contributed by atoms with Crippen molar-refractivity contribution < 1.29 is 4.79 Å². The topological polar surface area (TPSA) is 41.1 Å². The fraction of sp³-hybridized carbons (Fsp3) is 0.889. The minimum Gasteiger partial charge on any atom is -0.341 e. The minimum absolute atomic E-state index is 0.0138. The highest BCUT2D eigenvalue weighted by molar-refractivity contribution is 5.74. The third-order valence-electron chi connectivity index (χ3n) is 2.64. The molecule has 0 aromatic rings. The molecule has 3 nitrogen and oxygen atoms in total. The highest BCUT2D eigenvalue weighted by Crippen LogP contribution is 2.18. The van der Waals surface area contributed by atoms with Gasteiger partial charge in [-0.15, -0.1) is 0 Å². The standard InChI is InChI=1S/C9H20N2O/c1-5-9(6-2,7-3)11-8(12)10-4/h5-7H2,1-4H3,(H2,10,11,12).